The maximum absolute atomic E-state index is 3.66. The van der Waals surface area contributed by atoms with E-state index in [-0.39, 0.29) is 0 Å². The fraction of sp³-hybridized carbons (Fsp3) is 1.00. The molecule has 2 fully saturated rings. The summed E-state index contributed by atoms with van der Waals surface area (Å²) in [5.41, 5.74) is 0.697. The lowest BCUT2D eigenvalue weighted by atomic mass is 9.57. The molecule has 0 amide bonds. The van der Waals surface area contributed by atoms with Crippen LogP contribution in [0, 0.1) is 29.1 Å². The lowest BCUT2D eigenvalue weighted by Gasteiger charge is -2.51. The van der Waals surface area contributed by atoms with Crippen molar-refractivity contribution in [3.05, 3.63) is 0 Å². The number of rotatable bonds is 3. The van der Waals surface area contributed by atoms with Crippen molar-refractivity contribution in [3.63, 3.8) is 0 Å². The van der Waals surface area contributed by atoms with Gasteiger partial charge in [-0.25, -0.2) is 0 Å². The van der Waals surface area contributed by atoms with E-state index in [1.54, 1.807) is 0 Å². The lowest BCUT2D eigenvalue weighted by Crippen LogP contribution is -2.48. The first-order valence-corrected chi connectivity index (χ1v) is 8.24. The monoisotopic (exact) mass is 251 g/mol. The second-order valence-electron chi connectivity index (χ2n) is 7.74. The summed E-state index contributed by atoms with van der Waals surface area (Å²) in [4.78, 5) is 0. The van der Waals surface area contributed by atoms with Gasteiger partial charge in [-0.15, -0.1) is 0 Å². The van der Waals surface area contributed by atoms with Gasteiger partial charge in [0.1, 0.15) is 0 Å². The molecule has 0 aromatic carbocycles. The lowest BCUT2D eigenvalue weighted by molar-refractivity contribution is 0.0110. The van der Waals surface area contributed by atoms with Gasteiger partial charge in [0.15, 0.2) is 0 Å². The predicted molar refractivity (Wildman–Crippen MR) is 79.7 cm³/mol. The first-order chi connectivity index (χ1) is 8.53. The first-order valence-electron chi connectivity index (χ1n) is 8.24. The molecule has 1 N–H and O–H groups in total. The van der Waals surface area contributed by atoms with Gasteiger partial charge in [0, 0.05) is 0 Å². The fourth-order valence-corrected chi connectivity index (χ4v) is 4.55. The van der Waals surface area contributed by atoms with E-state index in [4.69, 9.17) is 0 Å². The van der Waals surface area contributed by atoms with Crippen molar-refractivity contribution in [2.24, 2.45) is 29.1 Å². The molecule has 1 aliphatic heterocycles. The normalized spacial score (nSPS) is 37.7. The van der Waals surface area contributed by atoms with E-state index >= 15 is 0 Å². The molecule has 1 saturated carbocycles. The summed E-state index contributed by atoms with van der Waals surface area (Å²) in [6.45, 7) is 12.2. The summed E-state index contributed by atoms with van der Waals surface area (Å²) in [6.07, 6.45) is 8.86. The Balaban J connectivity index is 2.09. The van der Waals surface area contributed by atoms with Crippen molar-refractivity contribution >= 4 is 0 Å². The van der Waals surface area contributed by atoms with Crippen molar-refractivity contribution in [3.8, 4) is 0 Å². The van der Waals surface area contributed by atoms with Crippen LogP contribution >= 0.6 is 0 Å². The van der Waals surface area contributed by atoms with Crippen molar-refractivity contribution in [2.45, 2.75) is 66.2 Å². The van der Waals surface area contributed by atoms with Gasteiger partial charge in [0.2, 0.25) is 0 Å². The summed E-state index contributed by atoms with van der Waals surface area (Å²) in [7, 11) is 0. The third-order valence-electron chi connectivity index (χ3n) is 5.67. The molecule has 3 atom stereocenters. The van der Waals surface area contributed by atoms with Gasteiger partial charge >= 0.3 is 0 Å². The summed E-state index contributed by atoms with van der Waals surface area (Å²) in [5, 5.41) is 3.66. The van der Waals surface area contributed by atoms with E-state index < -0.39 is 0 Å². The molecule has 0 aromatic rings. The van der Waals surface area contributed by atoms with Crippen LogP contribution in [0.25, 0.3) is 0 Å². The molecule has 2 aliphatic rings. The van der Waals surface area contributed by atoms with Gasteiger partial charge in [0.05, 0.1) is 0 Å². The van der Waals surface area contributed by atoms with Gasteiger partial charge in [-0.2, -0.15) is 0 Å². The number of nitrogens with one attached hydrogen (secondary N) is 1. The Kier molecular flexibility index (Phi) is 4.75. The molecule has 0 radical (unpaired) electrons. The second kappa shape index (κ2) is 5.94. The quantitative estimate of drug-likeness (QED) is 0.780. The van der Waals surface area contributed by atoms with Crippen LogP contribution in [0.3, 0.4) is 0 Å². The summed E-state index contributed by atoms with van der Waals surface area (Å²) in [5.74, 6) is 3.67. The maximum atomic E-state index is 3.66. The zero-order valence-electron chi connectivity index (χ0n) is 13.0. The molecule has 3 unspecified atom stereocenters. The second-order valence-corrected chi connectivity index (χ2v) is 7.74. The minimum Gasteiger partial charge on any atom is -0.316 e. The van der Waals surface area contributed by atoms with Gasteiger partial charge in [-0.3, -0.25) is 0 Å². The summed E-state index contributed by atoms with van der Waals surface area (Å²) < 4.78 is 0. The smallest absolute Gasteiger partial charge is 0.00151 e. The predicted octanol–water partition coefficient (Wildman–Crippen LogP) is 4.47. The maximum Gasteiger partial charge on any atom is -0.00151 e. The molecule has 2 rings (SSSR count). The highest BCUT2D eigenvalue weighted by molar-refractivity contribution is 4.96. The van der Waals surface area contributed by atoms with Crippen molar-refractivity contribution in [1.82, 2.24) is 5.32 Å². The average Bonchev–Trinajstić information content (AvgIpc) is 2.32. The topological polar surface area (TPSA) is 12.0 Å². The Morgan fingerprint density at radius 3 is 2.61 bits per heavy atom. The van der Waals surface area contributed by atoms with Gasteiger partial charge in [-0.05, 0) is 67.9 Å². The van der Waals surface area contributed by atoms with E-state index in [0.717, 1.165) is 23.7 Å². The Labute approximate surface area is 114 Å². The van der Waals surface area contributed by atoms with E-state index in [0.29, 0.717) is 5.41 Å². The van der Waals surface area contributed by atoms with Crippen molar-refractivity contribution < 1.29 is 0 Å². The van der Waals surface area contributed by atoms with Gasteiger partial charge in [0.25, 0.3) is 0 Å². The van der Waals surface area contributed by atoms with Crippen LogP contribution in [0.2, 0.25) is 0 Å². The molecule has 1 heterocycles. The molecular formula is C17H33N. The Hall–Kier alpha value is -0.0400. The molecular weight excluding hydrogens is 218 g/mol. The van der Waals surface area contributed by atoms with Crippen LogP contribution in [0.15, 0.2) is 0 Å². The van der Waals surface area contributed by atoms with Gasteiger partial charge < -0.3 is 5.32 Å². The minimum absolute atomic E-state index is 0.697. The molecule has 1 aliphatic carbocycles. The standard InChI is InChI=1S/C17H33N/c1-13(2)10-16-12-18-9-8-17(16)7-5-6-15(11-17)14(3)4/h13-16,18H,5-12H2,1-4H3. The highest BCUT2D eigenvalue weighted by Gasteiger charge is 2.44. The van der Waals surface area contributed by atoms with E-state index in [2.05, 4.69) is 33.0 Å². The van der Waals surface area contributed by atoms with E-state index in [1.807, 2.05) is 0 Å². The van der Waals surface area contributed by atoms with Crippen LogP contribution in [0.5, 0.6) is 0 Å². The third-order valence-corrected chi connectivity index (χ3v) is 5.67. The van der Waals surface area contributed by atoms with Crippen LogP contribution in [0.4, 0.5) is 0 Å². The SMILES string of the molecule is CC(C)CC1CNCCC12CCCC(C(C)C)C2. The molecule has 1 nitrogen and oxygen atoms in total. The number of piperidine rings is 1. The van der Waals surface area contributed by atoms with Crippen LogP contribution in [-0.2, 0) is 0 Å². The molecule has 0 aromatic heterocycles. The van der Waals surface area contributed by atoms with Crippen LogP contribution in [0.1, 0.15) is 66.2 Å². The third kappa shape index (κ3) is 3.10. The zero-order chi connectivity index (χ0) is 13.2. The Morgan fingerprint density at radius 2 is 1.94 bits per heavy atom. The summed E-state index contributed by atoms with van der Waals surface area (Å²) in [6, 6.07) is 0. The largest absolute Gasteiger partial charge is 0.316 e. The molecule has 18 heavy (non-hydrogen) atoms. The fourth-order valence-electron chi connectivity index (χ4n) is 4.55. The Morgan fingerprint density at radius 1 is 1.17 bits per heavy atom. The number of hydrogen-bond donors (Lipinski definition) is 1. The van der Waals surface area contributed by atoms with Crippen molar-refractivity contribution in [1.29, 1.82) is 0 Å². The highest BCUT2D eigenvalue weighted by Crippen LogP contribution is 2.51. The molecule has 1 saturated heterocycles. The number of hydrogen-bond acceptors (Lipinski definition) is 1. The summed E-state index contributed by atoms with van der Waals surface area (Å²) >= 11 is 0. The molecule has 0 bridgehead atoms. The zero-order valence-corrected chi connectivity index (χ0v) is 13.0. The molecule has 1 spiro atoms. The average molecular weight is 251 g/mol. The van der Waals surface area contributed by atoms with Crippen LogP contribution in [-0.4, -0.2) is 13.1 Å². The van der Waals surface area contributed by atoms with E-state index in [1.165, 1.54) is 51.6 Å². The minimum atomic E-state index is 0.697. The van der Waals surface area contributed by atoms with Gasteiger partial charge in [-0.1, -0.05) is 40.5 Å². The highest BCUT2D eigenvalue weighted by atomic mass is 14.9. The van der Waals surface area contributed by atoms with Crippen molar-refractivity contribution in [2.75, 3.05) is 13.1 Å². The Bertz CT molecular complexity index is 254. The first kappa shape index (κ1) is 14.4. The molecule has 1 heteroatoms. The van der Waals surface area contributed by atoms with E-state index in [9.17, 15) is 0 Å². The molecule has 106 valence electrons. The van der Waals surface area contributed by atoms with Crippen LogP contribution < -0.4 is 5.32 Å².